The standard InChI is InChI=1S/C92H132O8S7/c1-11-21-27-33-39-45-51-67-59-73(65-75(89(93)97-17-7)90(94)98-18-8)101-85(67)79-63-71(55-49-43-37-31-25-15-5)87(106-79)81-61-69(53-47-41-35-29-23-13-3)83(104-81)77-57-58-78(103-77)84-70(54-48-42-36-30-24-14-4)62-82(105-84)88-72(56-50-44-38-32-26-16-6)64-80(107-88)86-68(52-46-40-34-28-22-12-2)60-74(102-86)66-76(91(95)99-19-9)92(96)100-20-10/h57-66H,11-56H2,1-10H3. The third-order valence-electron chi connectivity index (χ3n) is 20.2. The van der Waals surface area contributed by atoms with Gasteiger partial charge in [-0.15, -0.1) is 79.4 Å². The lowest BCUT2D eigenvalue weighted by Crippen LogP contribution is -2.18. The molecule has 7 aromatic rings. The number of hydrogen-bond acceptors (Lipinski definition) is 15. The number of ether oxygens (including phenoxy) is 4. The Balaban J connectivity index is 1.37. The van der Waals surface area contributed by atoms with Crippen molar-refractivity contribution in [1.82, 2.24) is 0 Å². The minimum Gasteiger partial charge on any atom is -0.462 e. The van der Waals surface area contributed by atoms with Gasteiger partial charge in [-0.3, -0.25) is 0 Å². The molecule has 590 valence electrons. The fourth-order valence-electron chi connectivity index (χ4n) is 14.2. The van der Waals surface area contributed by atoms with E-state index >= 15 is 0 Å². The van der Waals surface area contributed by atoms with Gasteiger partial charge < -0.3 is 18.9 Å². The molecule has 0 aliphatic carbocycles. The Morgan fingerprint density at radius 3 is 0.664 bits per heavy atom. The SMILES string of the molecule is CCCCCCCCc1cc(C=C(C(=O)OCC)C(=O)OCC)sc1-c1cc(CCCCCCCC)c(-c2cc(CCCCCCCC)c(-c3ccc(-c4sc(-c5sc(-c6sc(C=C(C(=O)OCC)C(=O)OCC)cc6CCCCCCCC)cc5CCCCCCCC)cc4CCCCCCCC)s3)s2)s1. The number of aryl methyl sites for hydroxylation is 6. The largest absolute Gasteiger partial charge is 0.462 e. The molecule has 0 saturated heterocycles. The van der Waals surface area contributed by atoms with Crippen LogP contribution in [0.5, 0.6) is 0 Å². The Hall–Kier alpha value is -4.74. The second-order valence-corrected chi connectivity index (χ2v) is 36.6. The molecule has 15 heteroatoms. The van der Waals surface area contributed by atoms with E-state index in [9.17, 15) is 19.2 Å². The zero-order valence-corrected chi connectivity index (χ0v) is 73.1. The molecule has 7 rings (SSSR count). The second-order valence-electron chi connectivity index (χ2n) is 29.1. The zero-order chi connectivity index (χ0) is 76.4. The monoisotopic (exact) mass is 1590 g/mol. The molecule has 107 heavy (non-hydrogen) atoms. The summed E-state index contributed by atoms with van der Waals surface area (Å²) in [6, 6.07) is 19.6. The summed E-state index contributed by atoms with van der Waals surface area (Å²) in [5.41, 5.74) is 8.25. The fourth-order valence-corrected chi connectivity index (χ4v) is 23.2. The summed E-state index contributed by atoms with van der Waals surface area (Å²) in [7, 11) is 0. The van der Waals surface area contributed by atoms with Gasteiger partial charge in [0.05, 0.1) is 26.4 Å². The van der Waals surface area contributed by atoms with E-state index in [2.05, 4.69) is 90.1 Å². The van der Waals surface area contributed by atoms with Crippen molar-refractivity contribution in [2.75, 3.05) is 26.4 Å². The molecule has 0 radical (unpaired) electrons. The maximum atomic E-state index is 13.4. The van der Waals surface area contributed by atoms with E-state index < -0.39 is 23.9 Å². The van der Waals surface area contributed by atoms with Gasteiger partial charge in [0.25, 0.3) is 0 Å². The highest BCUT2D eigenvalue weighted by molar-refractivity contribution is 7.31. The Morgan fingerprint density at radius 2 is 0.439 bits per heavy atom. The van der Waals surface area contributed by atoms with Crippen molar-refractivity contribution in [3.05, 3.63) is 103 Å². The van der Waals surface area contributed by atoms with Crippen LogP contribution >= 0.6 is 79.4 Å². The maximum absolute atomic E-state index is 13.4. The summed E-state index contributed by atoms with van der Waals surface area (Å²) in [5, 5.41) is 0. The van der Waals surface area contributed by atoms with E-state index in [1.165, 1.54) is 297 Å². The number of carbonyl (C=O) groups excluding carboxylic acids is 4. The van der Waals surface area contributed by atoms with Gasteiger partial charge >= 0.3 is 23.9 Å². The Bertz CT molecular complexity index is 3490. The van der Waals surface area contributed by atoms with Crippen LogP contribution in [0, 0.1) is 0 Å². The van der Waals surface area contributed by atoms with E-state index in [1.54, 1.807) is 62.5 Å². The number of carbonyl (C=O) groups is 4. The van der Waals surface area contributed by atoms with Crippen LogP contribution in [0.1, 0.15) is 344 Å². The topological polar surface area (TPSA) is 105 Å². The van der Waals surface area contributed by atoms with Gasteiger partial charge in [0, 0.05) is 68.3 Å². The number of rotatable bonds is 58. The molecule has 7 aromatic heterocycles. The normalized spacial score (nSPS) is 11.5. The highest BCUT2D eigenvalue weighted by atomic mass is 32.1. The quantitative estimate of drug-likeness (QED) is 0.00927. The molecule has 0 fully saturated rings. The first-order valence-electron chi connectivity index (χ1n) is 42.4. The predicted molar refractivity (Wildman–Crippen MR) is 469 cm³/mol. The molecule has 0 unspecified atom stereocenters. The summed E-state index contributed by atoms with van der Waals surface area (Å²) >= 11 is 13.3. The van der Waals surface area contributed by atoms with Crippen LogP contribution in [0.15, 0.2) is 59.7 Å². The van der Waals surface area contributed by atoms with E-state index in [-0.39, 0.29) is 37.6 Å². The second kappa shape index (κ2) is 51.7. The molecule has 0 aliphatic rings. The van der Waals surface area contributed by atoms with E-state index in [4.69, 9.17) is 18.9 Å². The minimum absolute atomic E-state index is 0.0583. The minimum atomic E-state index is -0.647. The van der Waals surface area contributed by atoms with E-state index in [0.29, 0.717) is 0 Å². The third-order valence-corrected chi connectivity index (χ3v) is 29.3. The summed E-state index contributed by atoms with van der Waals surface area (Å²) < 4.78 is 21.8. The Labute approximate surface area is 674 Å². The van der Waals surface area contributed by atoms with Crippen LogP contribution < -0.4 is 0 Å². The van der Waals surface area contributed by atoms with Crippen LogP contribution in [0.4, 0.5) is 0 Å². The van der Waals surface area contributed by atoms with Crippen molar-refractivity contribution in [3.8, 4) is 58.5 Å². The predicted octanol–water partition coefficient (Wildman–Crippen LogP) is 30.6. The van der Waals surface area contributed by atoms with Gasteiger partial charge in [-0.25, -0.2) is 19.2 Å². The van der Waals surface area contributed by atoms with Gasteiger partial charge in [0.15, 0.2) is 0 Å². The molecule has 0 atom stereocenters. The van der Waals surface area contributed by atoms with Crippen molar-refractivity contribution in [1.29, 1.82) is 0 Å². The average molecular weight is 1590 g/mol. The summed E-state index contributed by atoms with van der Waals surface area (Å²) in [4.78, 5) is 71.5. The van der Waals surface area contributed by atoms with E-state index in [0.717, 1.165) is 74.0 Å². The number of thiophene rings is 7. The summed E-state index contributed by atoms with van der Waals surface area (Å²) in [5.74, 6) is -2.59. The highest BCUT2D eigenvalue weighted by Gasteiger charge is 2.28. The molecule has 0 bridgehead atoms. The number of unbranched alkanes of at least 4 members (excludes halogenated alkanes) is 30. The van der Waals surface area contributed by atoms with Crippen LogP contribution in [-0.2, 0) is 76.7 Å². The Kier molecular flexibility index (Phi) is 43.3. The molecule has 7 heterocycles. The van der Waals surface area contributed by atoms with Crippen LogP contribution in [0.25, 0.3) is 70.7 Å². The van der Waals surface area contributed by atoms with Crippen molar-refractivity contribution in [3.63, 3.8) is 0 Å². The first-order chi connectivity index (χ1) is 52.4. The lowest BCUT2D eigenvalue weighted by Gasteiger charge is -2.05. The molecule has 8 nitrogen and oxygen atoms in total. The lowest BCUT2D eigenvalue weighted by atomic mass is 10.0. The Morgan fingerprint density at radius 1 is 0.243 bits per heavy atom. The third kappa shape index (κ3) is 29.4. The first-order valence-corrected chi connectivity index (χ1v) is 48.1. The molecule has 0 N–H and O–H groups in total. The number of esters is 4. The van der Waals surface area contributed by atoms with Gasteiger partial charge in [0.2, 0.25) is 0 Å². The van der Waals surface area contributed by atoms with Crippen molar-refractivity contribution >= 4 is 115 Å². The molecule has 0 aromatic carbocycles. The molecule has 0 saturated carbocycles. The smallest absolute Gasteiger partial charge is 0.345 e. The average Bonchev–Trinajstić information content (AvgIpc) is 1.62. The zero-order valence-electron chi connectivity index (χ0n) is 67.4. The highest BCUT2D eigenvalue weighted by Crippen LogP contribution is 2.53. The van der Waals surface area contributed by atoms with Gasteiger partial charge in [0.1, 0.15) is 11.1 Å². The van der Waals surface area contributed by atoms with Crippen molar-refractivity contribution in [2.24, 2.45) is 0 Å². The number of hydrogen-bond donors (Lipinski definition) is 0. The van der Waals surface area contributed by atoms with Crippen molar-refractivity contribution in [2.45, 2.75) is 339 Å². The van der Waals surface area contributed by atoms with Gasteiger partial charge in [-0.05, 0) is 199 Å². The molecule has 0 spiro atoms. The fraction of sp³-hybridized carbons (Fsp3) is 0.609. The molecule has 0 amide bonds. The maximum Gasteiger partial charge on any atom is 0.345 e. The molecule has 0 aliphatic heterocycles. The lowest BCUT2D eigenvalue weighted by molar-refractivity contribution is -0.148. The van der Waals surface area contributed by atoms with Gasteiger partial charge in [-0.1, -0.05) is 234 Å². The van der Waals surface area contributed by atoms with Crippen LogP contribution in [-0.4, -0.2) is 50.3 Å². The molecular formula is C92H132O8S7. The van der Waals surface area contributed by atoms with Gasteiger partial charge in [-0.2, -0.15) is 0 Å². The van der Waals surface area contributed by atoms with Crippen molar-refractivity contribution < 1.29 is 38.1 Å². The van der Waals surface area contributed by atoms with E-state index in [1.807, 2.05) is 56.7 Å². The molecular weight excluding hydrogens is 1460 g/mol. The van der Waals surface area contributed by atoms with Crippen LogP contribution in [0.2, 0.25) is 0 Å². The summed E-state index contributed by atoms with van der Waals surface area (Å²) in [6.07, 6.45) is 53.8. The van der Waals surface area contributed by atoms with Crippen LogP contribution in [0.3, 0.4) is 0 Å². The summed E-state index contributed by atoms with van der Waals surface area (Å²) in [6.45, 7) is 21.5. The first kappa shape index (κ1) is 89.5.